The molecular weight excluding hydrogens is 498 g/mol. The van der Waals surface area contributed by atoms with E-state index in [2.05, 4.69) is 4.98 Å². The number of pyridine rings is 1. The van der Waals surface area contributed by atoms with Crippen molar-refractivity contribution in [3.8, 4) is 23.1 Å². The van der Waals surface area contributed by atoms with Crippen LogP contribution in [0.5, 0.6) is 23.1 Å². The number of hydrogen-bond acceptors (Lipinski definition) is 8. The topological polar surface area (TPSA) is 115 Å². The maximum Gasteiger partial charge on any atom is 0.259 e. The lowest BCUT2D eigenvalue weighted by atomic mass is 10.2. The van der Waals surface area contributed by atoms with Gasteiger partial charge in [-0.2, -0.15) is 0 Å². The molecule has 0 radical (unpaired) electrons. The van der Waals surface area contributed by atoms with Crippen molar-refractivity contribution >= 4 is 21.7 Å². The summed E-state index contributed by atoms with van der Waals surface area (Å²) in [5.41, 5.74) is 0.249. The number of hydrogen-bond donors (Lipinski definition) is 0. The Hall–Kier alpha value is -4.12. The third kappa shape index (κ3) is 6.18. The van der Waals surface area contributed by atoms with Gasteiger partial charge in [-0.15, -0.1) is 0 Å². The van der Waals surface area contributed by atoms with Gasteiger partial charge in [0.15, 0.2) is 21.3 Å². The molecule has 11 heteroatoms. The normalized spacial score (nSPS) is 14.6. The van der Waals surface area contributed by atoms with Crippen molar-refractivity contribution < 1.29 is 32.2 Å². The quantitative estimate of drug-likeness (QED) is 0.511. The molecule has 0 atom stereocenters. The fourth-order valence-electron chi connectivity index (χ4n) is 3.72. The van der Waals surface area contributed by atoms with Crippen LogP contribution in [0.2, 0.25) is 0 Å². The molecule has 0 aliphatic carbocycles. The molecule has 0 saturated heterocycles. The number of amides is 2. The van der Waals surface area contributed by atoms with E-state index in [0.29, 0.717) is 17.2 Å². The van der Waals surface area contributed by atoms with E-state index in [1.807, 2.05) is 0 Å². The third-order valence-electron chi connectivity index (χ3n) is 5.81. The Labute approximate surface area is 215 Å². The van der Waals surface area contributed by atoms with Crippen LogP contribution in [-0.2, 0) is 14.6 Å². The molecule has 1 aliphatic rings. The second-order valence-corrected chi connectivity index (χ2v) is 10.3. The smallest absolute Gasteiger partial charge is 0.259 e. The summed E-state index contributed by atoms with van der Waals surface area (Å²) in [6.07, 6.45) is 1.53. The number of rotatable bonds is 4. The number of nitrogens with zero attached hydrogens (tertiary/aromatic N) is 3. The Morgan fingerprint density at radius 2 is 1.73 bits per heavy atom. The highest BCUT2D eigenvalue weighted by molar-refractivity contribution is 7.92. The van der Waals surface area contributed by atoms with Crippen LogP contribution in [0, 0.1) is 0 Å². The largest absolute Gasteiger partial charge is 0.497 e. The lowest BCUT2D eigenvalue weighted by Gasteiger charge is -2.26. The lowest BCUT2D eigenvalue weighted by molar-refractivity contribution is -0.129. The molecule has 0 spiro atoms. The van der Waals surface area contributed by atoms with Crippen LogP contribution < -0.4 is 14.2 Å². The molecule has 1 aromatic heterocycles. The van der Waals surface area contributed by atoms with Crippen LogP contribution in [0.15, 0.2) is 71.8 Å². The van der Waals surface area contributed by atoms with Crippen LogP contribution in [-0.4, -0.2) is 81.2 Å². The van der Waals surface area contributed by atoms with E-state index in [4.69, 9.17) is 14.2 Å². The first-order valence-electron chi connectivity index (χ1n) is 11.5. The van der Waals surface area contributed by atoms with Crippen LogP contribution in [0.3, 0.4) is 0 Å². The van der Waals surface area contributed by atoms with E-state index in [-0.39, 0.29) is 48.5 Å². The van der Waals surface area contributed by atoms with Gasteiger partial charge in [0.1, 0.15) is 23.7 Å². The molecule has 10 nitrogen and oxygen atoms in total. The van der Waals surface area contributed by atoms with E-state index < -0.39 is 21.5 Å². The molecule has 3 aromatic rings. The van der Waals surface area contributed by atoms with Crippen molar-refractivity contribution in [3.05, 3.63) is 72.4 Å². The lowest BCUT2D eigenvalue weighted by Crippen LogP contribution is -2.43. The first kappa shape index (κ1) is 26.0. The van der Waals surface area contributed by atoms with E-state index >= 15 is 0 Å². The number of benzene rings is 2. The Balaban J connectivity index is 1.58. The summed E-state index contributed by atoms with van der Waals surface area (Å²) in [5.74, 6) is -0.262. The molecule has 0 fully saturated rings. The summed E-state index contributed by atoms with van der Waals surface area (Å²) in [4.78, 5) is 33.4. The van der Waals surface area contributed by atoms with Crippen molar-refractivity contribution in [3.63, 3.8) is 0 Å². The summed E-state index contributed by atoms with van der Waals surface area (Å²) < 4.78 is 42.7. The standard InChI is InChI=1S/C26H27N3O7S/c1-28-14-15-29(24(30)18-37(32,33)20-11-9-19(34-2)10-12-20)16-17-35-22-7-3-4-8-23(22)36-25-21(26(28)31)6-5-13-27-25/h3-13H,14-18H2,1-2H3. The van der Waals surface area contributed by atoms with Gasteiger partial charge in [-0.05, 0) is 48.5 Å². The Morgan fingerprint density at radius 3 is 2.46 bits per heavy atom. The second-order valence-electron chi connectivity index (χ2n) is 8.30. The summed E-state index contributed by atoms with van der Waals surface area (Å²) in [7, 11) is -0.821. The van der Waals surface area contributed by atoms with Crippen molar-refractivity contribution in [2.75, 3.05) is 46.2 Å². The minimum Gasteiger partial charge on any atom is -0.497 e. The molecule has 0 N–H and O–H groups in total. The van der Waals surface area contributed by atoms with Gasteiger partial charge >= 0.3 is 0 Å². The van der Waals surface area contributed by atoms with E-state index in [1.165, 1.54) is 47.4 Å². The molecule has 1 aliphatic heterocycles. The zero-order valence-electron chi connectivity index (χ0n) is 20.5. The monoisotopic (exact) mass is 525 g/mol. The van der Waals surface area contributed by atoms with Gasteiger partial charge in [-0.3, -0.25) is 9.59 Å². The van der Waals surface area contributed by atoms with Gasteiger partial charge in [0.25, 0.3) is 5.91 Å². The van der Waals surface area contributed by atoms with Crippen molar-refractivity contribution in [2.24, 2.45) is 0 Å². The number of fused-ring (bicyclic) bond motifs is 2. The number of methoxy groups -OCH3 is 1. The van der Waals surface area contributed by atoms with Gasteiger partial charge in [0.05, 0.1) is 18.6 Å². The summed E-state index contributed by atoms with van der Waals surface area (Å²) >= 11 is 0. The maximum atomic E-state index is 13.2. The number of sulfone groups is 1. The van der Waals surface area contributed by atoms with E-state index in [0.717, 1.165) is 0 Å². The molecule has 0 unspecified atom stereocenters. The second kappa shape index (κ2) is 11.3. The zero-order valence-corrected chi connectivity index (χ0v) is 21.3. The van der Waals surface area contributed by atoms with Gasteiger partial charge in [-0.1, -0.05) is 12.1 Å². The van der Waals surface area contributed by atoms with Crippen LogP contribution in [0.1, 0.15) is 10.4 Å². The first-order valence-corrected chi connectivity index (χ1v) is 13.2. The van der Waals surface area contributed by atoms with E-state index in [1.54, 1.807) is 43.4 Å². The molecule has 37 heavy (non-hydrogen) atoms. The molecule has 2 aromatic carbocycles. The van der Waals surface area contributed by atoms with Crippen LogP contribution in [0.4, 0.5) is 0 Å². The summed E-state index contributed by atoms with van der Waals surface area (Å²) in [6, 6.07) is 16.0. The molecule has 2 heterocycles. The maximum absolute atomic E-state index is 13.2. The number of aromatic nitrogens is 1. The molecule has 4 rings (SSSR count). The predicted octanol–water partition coefficient (Wildman–Crippen LogP) is 2.65. The average molecular weight is 526 g/mol. The zero-order chi connectivity index (χ0) is 26.4. The predicted molar refractivity (Wildman–Crippen MR) is 135 cm³/mol. The summed E-state index contributed by atoms with van der Waals surface area (Å²) in [6.45, 7) is 0.467. The number of likely N-dealkylation sites (N-methyl/N-ethyl adjacent to an activating group) is 1. The number of carbonyl (C=O) groups is 2. The fraction of sp³-hybridized carbons (Fsp3) is 0.269. The van der Waals surface area contributed by atoms with Gasteiger partial charge < -0.3 is 24.0 Å². The molecule has 0 saturated carbocycles. The number of carbonyl (C=O) groups excluding carboxylic acids is 2. The highest BCUT2D eigenvalue weighted by Crippen LogP contribution is 2.32. The minimum absolute atomic E-state index is 0.0196. The minimum atomic E-state index is -3.90. The highest BCUT2D eigenvalue weighted by Gasteiger charge is 2.26. The first-order chi connectivity index (χ1) is 17.8. The highest BCUT2D eigenvalue weighted by atomic mass is 32.2. The Kier molecular flexibility index (Phi) is 7.92. The molecular formula is C26H27N3O7S. The van der Waals surface area contributed by atoms with Gasteiger partial charge in [-0.25, -0.2) is 13.4 Å². The molecule has 194 valence electrons. The number of para-hydroxylation sites is 2. The fourth-order valence-corrected chi connectivity index (χ4v) is 4.94. The SMILES string of the molecule is COc1ccc(S(=O)(=O)CC(=O)N2CCOc3ccccc3Oc3ncccc3C(=O)N(C)CC2)cc1. The average Bonchev–Trinajstić information content (AvgIpc) is 2.91. The summed E-state index contributed by atoms with van der Waals surface area (Å²) in [5, 5.41) is 0. The van der Waals surface area contributed by atoms with Gasteiger partial charge in [0, 0.05) is 26.3 Å². The van der Waals surface area contributed by atoms with Crippen molar-refractivity contribution in [2.45, 2.75) is 4.90 Å². The number of ether oxygens (including phenoxy) is 3. The van der Waals surface area contributed by atoms with Crippen LogP contribution >= 0.6 is 0 Å². The molecule has 0 bridgehead atoms. The van der Waals surface area contributed by atoms with Gasteiger partial charge in [0.2, 0.25) is 11.8 Å². The Bertz CT molecular complexity index is 1380. The van der Waals surface area contributed by atoms with E-state index in [9.17, 15) is 18.0 Å². The van der Waals surface area contributed by atoms with Crippen molar-refractivity contribution in [1.82, 2.24) is 14.8 Å². The Morgan fingerprint density at radius 1 is 1.00 bits per heavy atom. The van der Waals surface area contributed by atoms with Crippen molar-refractivity contribution in [1.29, 1.82) is 0 Å². The van der Waals surface area contributed by atoms with Crippen LogP contribution in [0.25, 0.3) is 0 Å². The third-order valence-corrected chi connectivity index (χ3v) is 7.43. The molecule has 2 amide bonds.